The van der Waals surface area contributed by atoms with Crippen molar-refractivity contribution in [3.63, 3.8) is 0 Å². The highest BCUT2D eigenvalue weighted by Crippen LogP contribution is 2.40. The number of rotatable bonds is 2. The molecule has 1 N–H and O–H groups in total. The summed E-state index contributed by atoms with van der Waals surface area (Å²) in [4.78, 5) is 15.7. The Balaban J connectivity index is 1.43. The Bertz CT molecular complexity index is 913. The number of hydrogen-bond acceptors (Lipinski definition) is 3. The van der Waals surface area contributed by atoms with Crippen LogP contribution in [0.5, 0.6) is 5.75 Å². The third-order valence-corrected chi connectivity index (χ3v) is 7.84. The molecule has 0 saturated carbocycles. The smallest absolute Gasteiger partial charge is 0.254 e. The van der Waals surface area contributed by atoms with Crippen molar-refractivity contribution in [1.82, 2.24) is 10.2 Å². The van der Waals surface area contributed by atoms with Crippen molar-refractivity contribution in [1.29, 1.82) is 0 Å². The van der Waals surface area contributed by atoms with Gasteiger partial charge in [0.05, 0.1) is 7.11 Å². The molecular formula is C27H34N2O2. The molecule has 0 radical (unpaired) electrons. The number of likely N-dealkylation sites (tertiary alicyclic amines) is 1. The van der Waals surface area contributed by atoms with Crippen molar-refractivity contribution < 1.29 is 9.53 Å². The lowest BCUT2D eigenvalue weighted by atomic mass is 9.79. The average molecular weight is 419 g/mol. The van der Waals surface area contributed by atoms with Gasteiger partial charge in [-0.1, -0.05) is 24.3 Å². The van der Waals surface area contributed by atoms with Gasteiger partial charge >= 0.3 is 0 Å². The molecule has 4 nitrogen and oxygen atoms in total. The second-order valence-electron chi connectivity index (χ2n) is 9.56. The van der Waals surface area contributed by atoms with E-state index >= 15 is 0 Å². The standard InChI is InChI=1S/C27H34N2O2/c1-31-24-12-10-21-16-23-11-13-26-25(14-15-28-23)22(9-5-8-20(21)17-24)18-29(26)27(30)19-6-3-2-4-7-19/h2-4,6-7,10,12,17,22-23,25-26,28H,5,8-9,11,13-16,18H2,1H3/t22-,23?,25?,26?/m1/s1. The zero-order valence-corrected chi connectivity index (χ0v) is 18.6. The lowest BCUT2D eigenvalue weighted by molar-refractivity contribution is 0.0697. The van der Waals surface area contributed by atoms with E-state index in [1.165, 1.54) is 30.4 Å². The summed E-state index contributed by atoms with van der Waals surface area (Å²) in [5.74, 6) is 2.40. The first-order valence-electron chi connectivity index (χ1n) is 12.0. The normalized spacial score (nSPS) is 28.2. The molecule has 3 heterocycles. The summed E-state index contributed by atoms with van der Waals surface area (Å²) in [6.45, 7) is 1.97. The van der Waals surface area contributed by atoms with Crippen molar-refractivity contribution >= 4 is 5.91 Å². The number of carbonyl (C=O) groups is 1. The van der Waals surface area contributed by atoms with Crippen LogP contribution in [-0.4, -0.2) is 43.1 Å². The van der Waals surface area contributed by atoms with E-state index in [1.54, 1.807) is 7.11 Å². The molecule has 4 heteroatoms. The van der Waals surface area contributed by atoms with Crippen molar-refractivity contribution in [2.45, 2.75) is 57.0 Å². The largest absolute Gasteiger partial charge is 0.497 e. The number of fused-ring (bicyclic) bond motifs is 5. The van der Waals surface area contributed by atoms with Crippen LogP contribution in [0.3, 0.4) is 0 Å². The zero-order valence-electron chi connectivity index (χ0n) is 18.6. The Morgan fingerprint density at radius 2 is 1.90 bits per heavy atom. The van der Waals surface area contributed by atoms with Crippen LogP contribution in [-0.2, 0) is 12.8 Å². The number of hydrogen-bond donors (Lipinski definition) is 1. The molecule has 3 unspecified atom stereocenters. The van der Waals surface area contributed by atoms with Crippen molar-refractivity contribution in [2.75, 3.05) is 20.2 Å². The van der Waals surface area contributed by atoms with E-state index in [-0.39, 0.29) is 5.91 Å². The SMILES string of the molecule is COc1ccc2c(c1)CCC[C@@H]1CN(C(=O)c3ccccc3)C3CCC(C2)NCCC31. The van der Waals surface area contributed by atoms with E-state index in [0.717, 1.165) is 50.1 Å². The van der Waals surface area contributed by atoms with Crippen LogP contribution >= 0.6 is 0 Å². The van der Waals surface area contributed by atoms with Gasteiger partial charge in [-0.05, 0) is 98.7 Å². The fourth-order valence-corrected chi connectivity index (χ4v) is 6.24. The van der Waals surface area contributed by atoms with Gasteiger partial charge in [0.1, 0.15) is 5.75 Å². The highest BCUT2D eigenvalue weighted by molar-refractivity contribution is 5.94. The van der Waals surface area contributed by atoms with E-state index in [9.17, 15) is 4.79 Å². The van der Waals surface area contributed by atoms with Gasteiger partial charge in [0.15, 0.2) is 0 Å². The summed E-state index contributed by atoms with van der Waals surface area (Å²) >= 11 is 0. The van der Waals surface area contributed by atoms with Crippen molar-refractivity contribution in [3.8, 4) is 5.75 Å². The number of amides is 1. The number of ether oxygens (including phenoxy) is 1. The van der Waals surface area contributed by atoms with Gasteiger partial charge in [-0.15, -0.1) is 0 Å². The molecule has 164 valence electrons. The summed E-state index contributed by atoms with van der Waals surface area (Å²) in [7, 11) is 1.75. The molecule has 1 aliphatic carbocycles. The van der Waals surface area contributed by atoms with Crippen LogP contribution in [0, 0.1) is 11.8 Å². The number of aryl methyl sites for hydroxylation is 1. The lowest BCUT2D eigenvalue weighted by Gasteiger charge is -2.34. The molecule has 4 bridgehead atoms. The predicted molar refractivity (Wildman–Crippen MR) is 124 cm³/mol. The molecule has 6 rings (SSSR count). The first-order valence-corrected chi connectivity index (χ1v) is 12.0. The van der Waals surface area contributed by atoms with Gasteiger partial charge in [0.2, 0.25) is 0 Å². The lowest BCUT2D eigenvalue weighted by Crippen LogP contribution is -2.43. The van der Waals surface area contributed by atoms with E-state index < -0.39 is 0 Å². The molecule has 2 saturated heterocycles. The van der Waals surface area contributed by atoms with Crippen LogP contribution in [0.25, 0.3) is 0 Å². The molecule has 2 aromatic rings. The van der Waals surface area contributed by atoms with Gasteiger partial charge in [0, 0.05) is 24.2 Å². The van der Waals surface area contributed by atoms with E-state index in [1.807, 2.05) is 30.3 Å². The first kappa shape index (κ1) is 20.6. The summed E-state index contributed by atoms with van der Waals surface area (Å²) in [6.07, 6.45) is 7.94. The minimum absolute atomic E-state index is 0.228. The van der Waals surface area contributed by atoms with E-state index in [0.29, 0.717) is 23.9 Å². The second kappa shape index (κ2) is 9.04. The fourth-order valence-electron chi connectivity index (χ4n) is 6.24. The number of nitrogens with zero attached hydrogens (tertiary/aromatic N) is 1. The number of methoxy groups -OCH3 is 1. The van der Waals surface area contributed by atoms with Crippen molar-refractivity contribution in [3.05, 3.63) is 65.2 Å². The Morgan fingerprint density at radius 3 is 2.74 bits per heavy atom. The fraction of sp³-hybridized carbons (Fsp3) is 0.519. The first-order chi connectivity index (χ1) is 15.2. The predicted octanol–water partition coefficient (Wildman–Crippen LogP) is 4.47. The maximum atomic E-state index is 13.4. The minimum atomic E-state index is 0.228. The summed E-state index contributed by atoms with van der Waals surface area (Å²) < 4.78 is 5.51. The van der Waals surface area contributed by atoms with Gasteiger partial charge in [-0.25, -0.2) is 0 Å². The molecule has 0 aromatic heterocycles. The monoisotopic (exact) mass is 418 g/mol. The van der Waals surface area contributed by atoms with Gasteiger partial charge in [-0.2, -0.15) is 0 Å². The maximum Gasteiger partial charge on any atom is 0.254 e. The van der Waals surface area contributed by atoms with Crippen LogP contribution < -0.4 is 10.1 Å². The van der Waals surface area contributed by atoms with E-state index in [4.69, 9.17) is 4.74 Å². The Labute approximate surface area is 186 Å². The molecular weight excluding hydrogens is 384 g/mol. The molecule has 1 amide bonds. The quantitative estimate of drug-likeness (QED) is 0.782. The third kappa shape index (κ3) is 4.23. The van der Waals surface area contributed by atoms with Crippen LogP contribution in [0.15, 0.2) is 48.5 Å². The number of nitrogens with one attached hydrogen (secondary N) is 1. The van der Waals surface area contributed by atoms with Crippen LogP contribution in [0.1, 0.15) is 53.6 Å². The molecule has 3 aliphatic heterocycles. The minimum Gasteiger partial charge on any atom is -0.497 e. The van der Waals surface area contributed by atoms with Crippen LogP contribution in [0.2, 0.25) is 0 Å². The Morgan fingerprint density at radius 1 is 1.03 bits per heavy atom. The summed E-state index contributed by atoms with van der Waals surface area (Å²) in [5, 5.41) is 3.85. The highest BCUT2D eigenvalue weighted by atomic mass is 16.5. The van der Waals surface area contributed by atoms with Gasteiger partial charge in [-0.3, -0.25) is 4.79 Å². The topological polar surface area (TPSA) is 41.6 Å². The van der Waals surface area contributed by atoms with E-state index in [2.05, 4.69) is 28.4 Å². The molecule has 2 fully saturated rings. The third-order valence-electron chi connectivity index (χ3n) is 7.84. The average Bonchev–Trinajstić information content (AvgIpc) is 3.12. The molecule has 4 atom stereocenters. The maximum absolute atomic E-state index is 13.4. The molecule has 2 aromatic carbocycles. The molecule has 0 spiro atoms. The molecule has 31 heavy (non-hydrogen) atoms. The number of benzene rings is 2. The van der Waals surface area contributed by atoms with Gasteiger partial charge < -0.3 is 15.0 Å². The molecule has 4 aliphatic rings. The van der Waals surface area contributed by atoms with Crippen molar-refractivity contribution in [2.24, 2.45) is 11.8 Å². The Kier molecular flexibility index (Phi) is 5.99. The number of carbonyl (C=O) groups excluding carboxylic acids is 1. The zero-order chi connectivity index (χ0) is 21.2. The van der Waals surface area contributed by atoms with Crippen LogP contribution in [0.4, 0.5) is 0 Å². The summed E-state index contributed by atoms with van der Waals surface area (Å²) in [5.41, 5.74) is 3.73. The Hall–Kier alpha value is -2.33. The second-order valence-corrected chi connectivity index (χ2v) is 9.56. The highest BCUT2D eigenvalue weighted by Gasteiger charge is 2.44. The van der Waals surface area contributed by atoms with Gasteiger partial charge in [0.25, 0.3) is 5.91 Å². The summed E-state index contributed by atoms with van der Waals surface area (Å²) in [6, 6.07) is 17.3.